The second-order valence-corrected chi connectivity index (χ2v) is 6.55. The van der Waals surface area contributed by atoms with Crippen LogP contribution < -0.4 is 5.32 Å². The number of halogens is 1. The molecule has 0 bridgehead atoms. The lowest BCUT2D eigenvalue weighted by Gasteiger charge is -2.31. The molecule has 0 heterocycles. The van der Waals surface area contributed by atoms with Gasteiger partial charge in [-0.1, -0.05) is 47.8 Å². The molecule has 3 heteroatoms. The molecule has 0 radical (unpaired) electrons. The number of ether oxygens (including phenoxy) is 1. The van der Waals surface area contributed by atoms with Crippen LogP contribution in [0.5, 0.6) is 0 Å². The lowest BCUT2D eigenvalue weighted by molar-refractivity contribution is -0.0388. The Morgan fingerprint density at radius 3 is 2.95 bits per heavy atom. The average Bonchev–Trinajstić information content (AvgIpc) is 2.38. The van der Waals surface area contributed by atoms with Gasteiger partial charge in [0, 0.05) is 11.0 Å². The van der Waals surface area contributed by atoms with Crippen molar-refractivity contribution in [2.45, 2.75) is 44.8 Å². The van der Waals surface area contributed by atoms with Gasteiger partial charge in [-0.2, -0.15) is 0 Å². The molecule has 1 aromatic rings. The fourth-order valence-electron chi connectivity index (χ4n) is 2.87. The Hall–Kier alpha value is -0.380. The zero-order valence-electron chi connectivity index (χ0n) is 11.9. The highest BCUT2D eigenvalue weighted by atomic mass is 79.9. The van der Waals surface area contributed by atoms with Crippen LogP contribution in [-0.4, -0.2) is 19.7 Å². The van der Waals surface area contributed by atoms with Crippen molar-refractivity contribution in [1.29, 1.82) is 0 Å². The molecule has 0 spiro atoms. The minimum absolute atomic E-state index is 0.151. The zero-order valence-corrected chi connectivity index (χ0v) is 13.4. The Balaban J connectivity index is 2.03. The molecule has 1 aliphatic rings. The van der Waals surface area contributed by atoms with Crippen molar-refractivity contribution in [3.05, 3.63) is 34.3 Å². The summed E-state index contributed by atoms with van der Waals surface area (Å²) in [6.45, 7) is 3.20. The van der Waals surface area contributed by atoms with E-state index in [2.05, 4.69) is 52.4 Å². The van der Waals surface area contributed by atoms with Gasteiger partial charge in [0.1, 0.15) is 0 Å². The zero-order chi connectivity index (χ0) is 13.7. The van der Waals surface area contributed by atoms with E-state index in [1.54, 1.807) is 0 Å². The molecule has 0 amide bonds. The van der Waals surface area contributed by atoms with Crippen LogP contribution in [0, 0.1) is 5.92 Å². The summed E-state index contributed by atoms with van der Waals surface area (Å²) in [5.41, 5.74) is 1.25. The molecule has 3 atom stereocenters. The van der Waals surface area contributed by atoms with Gasteiger partial charge in [-0.3, -0.25) is 0 Å². The lowest BCUT2D eigenvalue weighted by atomic mass is 9.88. The molecule has 1 aromatic carbocycles. The third-order valence-corrected chi connectivity index (χ3v) is 4.35. The quantitative estimate of drug-likeness (QED) is 0.871. The first-order valence-electron chi connectivity index (χ1n) is 7.24. The maximum absolute atomic E-state index is 6.36. The normalized spacial score (nSPS) is 25.2. The van der Waals surface area contributed by atoms with Crippen LogP contribution in [0.3, 0.4) is 0 Å². The number of likely N-dealkylation sites (N-methyl/N-ethyl adjacent to an activating group) is 1. The fraction of sp³-hybridized carbons (Fsp3) is 0.625. The third kappa shape index (κ3) is 4.59. The van der Waals surface area contributed by atoms with Crippen molar-refractivity contribution in [2.24, 2.45) is 5.92 Å². The SMILES string of the molecule is CNCC(OC1CCCC(C)C1)c1cccc(Br)c1. The van der Waals surface area contributed by atoms with Crippen LogP contribution in [-0.2, 0) is 4.74 Å². The third-order valence-electron chi connectivity index (χ3n) is 3.85. The van der Waals surface area contributed by atoms with E-state index in [4.69, 9.17) is 4.74 Å². The number of benzene rings is 1. The van der Waals surface area contributed by atoms with Gasteiger partial charge in [-0.05, 0) is 43.5 Å². The Morgan fingerprint density at radius 1 is 1.42 bits per heavy atom. The number of hydrogen-bond acceptors (Lipinski definition) is 2. The minimum Gasteiger partial charge on any atom is -0.369 e. The molecular formula is C16H24BrNO. The maximum atomic E-state index is 6.36. The van der Waals surface area contributed by atoms with Crippen molar-refractivity contribution in [3.8, 4) is 0 Å². The first-order valence-corrected chi connectivity index (χ1v) is 8.04. The largest absolute Gasteiger partial charge is 0.369 e. The highest BCUT2D eigenvalue weighted by Gasteiger charge is 2.23. The van der Waals surface area contributed by atoms with Crippen LogP contribution in [0.1, 0.15) is 44.3 Å². The average molecular weight is 326 g/mol. The summed E-state index contributed by atoms with van der Waals surface area (Å²) in [5, 5.41) is 3.25. The molecule has 2 nitrogen and oxygen atoms in total. The van der Waals surface area contributed by atoms with Crippen LogP contribution >= 0.6 is 15.9 Å². The molecule has 1 fully saturated rings. The van der Waals surface area contributed by atoms with Gasteiger partial charge < -0.3 is 10.1 Å². The molecule has 2 rings (SSSR count). The summed E-state index contributed by atoms with van der Waals surface area (Å²) in [7, 11) is 1.98. The van der Waals surface area contributed by atoms with E-state index in [9.17, 15) is 0 Å². The second kappa shape index (κ2) is 7.41. The second-order valence-electron chi connectivity index (χ2n) is 5.63. The van der Waals surface area contributed by atoms with E-state index in [-0.39, 0.29) is 6.10 Å². The molecule has 0 aromatic heterocycles. The van der Waals surface area contributed by atoms with Crippen molar-refractivity contribution in [3.63, 3.8) is 0 Å². The molecule has 3 unspecified atom stereocenters. The van der Waals surface area contributed by atoms with Crippen molar-refractivity contribution in [2.75, 3.05) is 13.6 Å². The Kier molecular flexibility index (Phi) is 5.86. The Bertz CT molecular complexity index is 396. The summed E-state index contributed by atoms with van der Waals surface area (Å²) >= 11 is 3.54. The molecule has 1 N–H and O–H groups in total. The van der Waals surface area contributed by atoms with Crippen LogP contribution in [0.25, 0.3) is 0 Å². The van der Waals surface area contributed by atoms with E-state index < -0.39 is 0 Å². The molecule has 1 aliphatic carbocycles. The predicted octanol–water partition coefficient (Wildman–Crippen LogP) is 4.30. The first-order chi connectivity index (χ1) is 9.19. The number of nitrogens with one attached hydrogen (secondary N) is 1. The maximum Gasteiger partial charge on any atom is 0.0953 e. The minimum atomic E-state index is 0.151. The van der Waals surface area contributed by atoms with Crippen LogP contribution in [0.2, 0.25) is 0 Å². The summed E-state index contributed by atoms with van der Waals surface area (Å²) in [4.78, 5) is 0. The Morgan fingerprint density at radius 2 is 2.26 bits per heavy atom. The molecule has 1 saturated carbocycles. The Labute approximate surface area is 125 Å². The smallest absolute Gasteiger partial charge is 0.0953 e. The lowest BCUT2D eigenvalue weighted by Crippen LogP contribution is -2.28. The number of rotatable bonds is 5. The van der Waals surface area contributed by atoms with Gasteiger partial charge >= 0.3 is 0 Å². The van der Waals surface area contributed by atoms with Gasteiger partial charge in [-0.25, -0.2) is 0 Å². The van der Waals surface area contributed by atoms with Gasteiger partial charge in [0.15, 0.2) is 0 Å². The van der Waals surface area contributed by atoms with Gasteiger partial charge in [0.2, 0.25) is 0 Å². The number of hydrogen-bond donors (Lipinski definition) is 1. The van der Waals surface area contributed by atoms with Gasteiger partial charge in [-0.15, -0.1) is 0 Å². The van der Waals surface area contributed by atoms with E-state index in [1.165, 1.54) is 31.2 Å². The topological polar surface area (TPSA) is 21.3 Å². The first kappa shape index (κ1) is 15.0. The molecular weight excluding hydrogens is 302 g/mol. The monoisotopic (exact) mass is 325 g/mol. The van der Waals surface area contributed by atoms with Crippen molar-refractivity contribution < 1.29 is 4.74 Å². The summed E-state index contributed by atoms with van der Waals surface area (Å²) in [6, 6.07) is 8.45. The highest BCUT2D eigenvalue weighted by molar-refractivity contribution is 9.10. The standard InChI is InChI=1S/C16H24BrNO/c1-12-5-3-8-15(9-12)19-16(11-18-2)13-6-4-7-14(17)10-13/h4,6-7,10,12,15-16,18H,3,5,8-9,11H2,1-2H3. The van der Waals surface area contributed by atoms with E-state index >= 15 is 0 Å². The van der Waals surface area contributed by atoms with Gasteiger partial charge in [0.25, 0.3) is 0 Å². The molecule has 19 heavy (non-hydrogen) atoms. The fourth-order valence-corrected chi connectivity index (χ4v) is 3.29. The summed E-state index contributed by atoms with van der Waals surface area (Å²) in [6.07, 6.45) is 5.63. The predicted molar refractivity (Wildman–Crippen MR) is 83.3 cm³/mol. The van der Waals surface area contributed by atoms with E-state index in [0.717, 1.165) is 16.9 Å². The summed E-state index contributed by atoms with van der Waals surface area (Å²) in [5.74, 6) is 0.802. The molecule has 0 saturated heterocycles. The van der Waals surface area contributed by atoms with Gasteiger partial charge in [0.05, 0.1) is 12.2 Å². The molecule has 0 aliphatic heterocycles. The molecule has 106 valence electrons. The van der Waals surface area contributed by atoms with E-state index in [1.807, 2.05) is 7.05 Å². The highest BCUT2D eigenvalue weighted by Crippen LogP contribution is 2.30. The van der Waals surface area contributed by atoms with Crippen molar-refractivity contribution in [1.82, 2.24) is 5.32 Å². The van der Waals surface area contributed by atoms with Crippen molar-refractivity contribution >= 4 is 15.9 Å². The van der Waals surface area contributed by atoms with Crippen LogP contribution in [0.15, 0.2) is 28.7 Å². The van der Waals surface area contributed by atoms with E-state index in [0.29, 0.717) is 6.10 Å². The summed E-state index contributed by atoms with van der Waals surface area (Å²) < 4.78 is 7.48. The van der Waals surface area contributed by atoms with Crippen LogP contribution in [0.4, 0.5) is 0 Å².